The Labute approximate surface area is 125 Å². The van der Waals surface area contributed by atoms with E-state index in [4.69, 9.17) is 27.9 Å². The van der Waals surface area contributed by atoms with Gasteiger partial charge in [-0.3, -0.25) is 10.1 Å². The number of ether oxygens (including phenoxy) is 1. The molecule has 0 fully saturated rings. The molecule has 19 heavy (non-hydrogen) atoms. The van der Waals surface area contributed by atoms with E-state index in [1.807, 2.05) is 0 Å². The zero-order chi connectivity index (χ0) is 14.0. The average molecular weight is 365 g/mol. The van der Waals surface area contributed by atoms with Crippen molar-refractivity contribution >= 4 is 44.8 Å². The minimum absolute atomic E-state index is 0.00451. The van der Waals surface area contributed by atoms with Gasteiger partial charge >= 0.3 is 5.69 Å². The summed E-state index contributed by atoms with van der Waals surface area (Å²) in [5.74, 6) is -0.0445. The van der Waals surface area contributed by atoms with Crippen LogP contribution in [0.25, 0.3) is 0 Å². The molecule has 0 amide bonds. The number of nitro benzene ring substituents is 1. The van der Waals surface area contributed by atoms with E-state index in [2.05, 4.69) is 25.9 Å². The Bertz CT molecular complexity index is 654. The van der Waals surface area contributed by atoms with Gasteiger partial charge in [-0.05, 0) is 23.7 Å². The van der Waals surface area contributed by atoms with E-state index in [1.165, 1.54) is 18.3 Å². The number of rotatable bonds is 3. The van der Waals surface area contributed by atoms with Gasteiger partial charge in [0.2, 0.25) is 16.9 Å². The second kappa shape index (κ2) is 5.68. The fraction of sp³-hybridized carbons (Fsp3) is 0. The third-order valence-electron chi connectivity index (χ3n) is 2.01. The smallest absolute Gasteiger partial charge is 0.312 e. The summed E-state index contributed by atoms with van der Waals surface area (Å²) >= 11 is 14.6. The van der Waals surface area contributed by atoms with E-state index in [9.17, 15) is 10.1 Å². The molecule has 0 bridgehead atoms. The highest BCUT2D eigenvalue weighted by Gasteiger charge is 2.18. The van der Waals surface area contributed by atoms with E-state index in [1.54, 1.807) is 6.07 Å². The lowest BCUT2D eigenvalue weighted by molar-refractivity contribution is -0.385. The summed E-state index contributed by atoms with van der Waals surface area (Å²) in [6, 6.07) is 4.33. The van der Waals surface area contributed by atoms with Crippen LogP contribution in [0, 0.1) is 10.1 Å². The minimum atomic E-state index is -0.573. The van der Waals surface area contributed by atoms with Crippen molar-refractivity contribution in [2.45, 2.75) is 0 Å². The molecule has 0 saturated carbocycles. The van der Waals surface area contributed by atoms with Gasteiger partial charge in [-0.1, -0.05) is 27.5 Å². The van der Waals surface area contributed by atoms with Crippen molar-refractivity contribution < 1.29 is 9.66 Å². The zero-order valence-electron chi connectivity index (χ0n) is 9.01. The zero-order valence-corrected chi connectivity index (χ0v) is 12.1. The highest BCUT2D eigenvalue weighted by molar-refractivity contribution is 9.10. The van der Waals surface area contributed by atoms with Gasteiger partial charge in [-0.25, -0.2) is 4.98 Å². The molecule has 2 rings (SSSR count). The number of nitro groups is 1. The molecule has 0 radical (unpaired) electrons. The van der Waals surface area contributed by atoms with Crippen LogP contribution in [0.3, 0.4) is 0 Å². The van der Waals surface area contributed by atoms with Crippen LogP contribution in [0.15, 0.2) is 28.9 Å². The minimum Gasteiger partial charge on any atom is -0.430 e. The summed E-state index contributed by atoms with van der Waals surface area (Å²) < 4.78 is 5.86. The van der Waals surface area contributed by atoms with Crippen LogP contribution in [0.5, 0.6) is 11.6 Å². The van der Waals surface area contributed by atoms with Gasteiger partial charge in [0.05, 0.1) is 11.1 Å². The molecule has 0 spiro atoms. The van der Waals surface area contributed by atoms with Gasteiger partial charge < -0.3 is 4.74 Å². The third kappa shape index (κ3) is 3.31. The number of aromatic nitrogens is 2. The first-order chi connectivity index (χ1) is 8.97. The van der Waals surface area contributed by atoms with Crippen LogP contribution in [0.4, 0.5) is 5.69 Å². The average Bonchev–Trinajstić information content (AvgIpc) is 2.35. The molecule has 1 aromatic carbocycles. The maximum absolute atomic E-state index is 10.9. The Morgan fingerprint density at radius 1 is 1.37 bits per heavy atom. The van der Waals surface area contributed by atoms with E-state index >= 15 is 0 Å². The summed E-state index contributed by atoms with van der Waals surface area (Å²) in [5, 5.41) is 11.0. The quantitative estimate of drug-likeness (QED) is 0.462. The Hall–Kier alpha value is -1.44. The molecule has 1 heterocycles. The maximum Gasteiger partial charge on any atom is 0.312 e. The van der Waals surface area contributed by atoms with Gasteiger partial charge in [0, 0.05) is 10.5 Å². The summed E-state index contributed by atoms with van der Waals surface area (Å²) in [5.41, 5.74) is -0.222. The monoisotopic (exact) mass is 363 g/mol. The van der Waals surface area contributed by atoms with Crippen LogP contribution in [0.1, 0.15) is 0 Å². The standard InChI is InChI=1S/C10H4BrCl2N3O3/c11-5-1-2-8(7(3-5)16(17)18)19-9-6(12)4-14-10(13)15-9/h1-4H. The fourth-order valence-electron chi connectivity index (χ4n) is 1.23. The predicted molar refractivity (Wildman–Crippen MR) is 72.9 cm³/mol. The topological polar surface area (TPSA) is 78.2 Å². The van der Waals surface area contributed by atoms with Crippen molar-refractivity contribution in [3.05, 3.63) is 49.3 Å². The Morgan fingerprint density at radius 2 is 2.11 bits per heavy atom. The molecule has 98 valence electrons. The molecule has 0 atom stereocenters. The highest BCUT2D eigenvalue weighted by Crippen LogP contribution is 2.35. The van der Waals surface area contributed by atoms with Gasteiger partial charge in [-0.15, -0.1) is 0 Å². The summed E-state index contributed by atoms with van der Waals surface area (Å²) in [7, 11) is 0. The van der Waals surface area contributed by atoms with Crippen molar-refractivity contribution in [1.29, 1.82) is 0 Å². The second-order valence-corrected chi connectivity index (χ2v) is 4.92. The first kappa shape index (κ1) is 14.0. The molecule has 0 aliphatic carbocycles. The molecule has 1 aromatic heterocycles. The molecular weight excluding hydrogens is 361 g/mol. The normalized spacial score (nSPS) is 10.3. The van der Waals surface area contributed by atoms with Crippen LogP contribution in [0.2, 0.25) is 10.3 Å². The Kier molecular flexibility index (Phi) is 4.18. The van der Waals surface area contributed by atoms with E-state index < -0.39 is 4.92 Å². The van der Waals surface area contributed by atoms with Crippen molar-refractivity contribution in [3.63, 3.8) is 0 Å². The van der Waals surface area contributed by atoms with E-state index in [-0.39, 0.29) is 27.6 Å². The van der Waals surface area contributed by atoms with Gasteiger partial charge in [0.15, 0.2) is 0 Å². The lowest BCUT2D eigenvalue weighted by atomic mass is 10.3. The van der Waals surface area contributed by atoms with Gasteiger partial charge in [0.1, 0.15) is 5.02 Å². The second-order valence-electron chi connectivity index (χ2n) is 3.26. The largest absolute Gasteiger partial charge is 0.430 e. The van der Waals surface area contributed by atoms with Crippen LogP contribution in [-0.4, -0.2) is 14.9 Å². The van der Waals surface area contributed by atoms with Crippen LogP contribution >= 0.6 is 39.1 Å². The lowest BCUT2D eigenvalue weighted by Crippen LogP contribution is -1.96. The summed E-state index contributed by atoms with van der Waals surface area (Å²) in [6.45, 7) is 0. The number of hydrogen-bond acceptors (Lipinski definition) is 5. The summed E-state index contributed by atoms with van der Waals surface area (Å²) in [4.78, 5) is 17.8. The number of halogens is 3. The van der Waals surface area contributed by atoms with Gasteiger partial charge in [-0.2, -0.15) is 4.98 Å². The molecule has 0 saturated heterocycles. The lowest BCUT2D eigenvalue weighted by Gasteiger charge is -2.06. The van der Waals surface area contributed by atoms with Crippen LogP contribution < -0.4 is 4.74 Å². The molecule has 0 unspecified atom stereocenters. The molecule has 2 aromatic rings. The van der Waals surface area contributed by atoms with Gasteiger partial charge in [0.25, 0.3) is 0 Å². The Balaban J connectivity index is 2.43. The molecule has 9 heteroatoms. The molecular formula is C10H4BrCl2N3O3. The maximum atomic E-state index is 10.9. The van der Waals surface area contributed by atoms with E-state index in [0.29, 0.717) is 4.47 Å². The third-order valence-corrected chi connectivity index (χ3v) is 2.94. The number of benzene rings is 1. The molecule has 6 nitrogen and oxygen atoms in total. The first-order valence-electron chi connectivity index (χ1n) is 4.77. The first-order valence-corrected chi connectivity index (χ1v) is 6.32. The molecule has 0 N–H and O–H groups in total. The number of hydrogen-bond donors (Lipinski definition) is 0. The molecule has 0 aliphatic heterocycles. The van der Waals surface area contributed by atoms with E-state index in [0.717, 1.165) is 0 Å². The van der Waals surface area contributed by atoms with Crippen molar-refractivity contribution in [3.8, 4) is 11.6 Å². The Morgan fingerprint density at radius 3 is 2.79 bits per heavy atom. The van der Waals surface area contributed by atoms with Crippen molar-refractivity contribution in [2.24, 2.45) is 0 Å². The number of nitrogens with zero attached hydrogens (tertiary/aromatic N) is 3. The van der Waals surface area contributed by atoms with Crippen molar-refractivity contribution in [2.75, 3.05) is 0 Å². The highest BCUT2D eigenvalue weighted by atomic mass is 79.9. The molecule has 0 aliphatic rings. The fourth-order valence-corrected chi connectivity index (χ4v) is 1.83. The predicted octanol–water partition coefficient (Wildman–Crippen LogP) is 4.25. The summed E-state index contributed by atoms with van der Waals surface area (Å²) in [6.07, 6.45) is 1.25. The van der Waals surface area contributed by atoms with Crippen molar-refractivity contribution in [1.82, 2.24) is 9.97 Å². The van der Waals surface area contributed by atoms with Crippen LogP contribution in [-0.2, 0) is 0 Å². The SMILES string of the molecule is O=[N+]([O-])c1cc(Br)ccc1Oc1nc(Cl)ncc1Cl.